The van der Waals surface area contributed by atoms with E-state index in [9.17, 15) is 8.42 Å². The van der Waals surface area contributed by atoms with Crippen LogP contribution in [0.25, 0.3) is 5.69 Å². The zero-order valence-electron chi connectivity index (χ0n) is 15.3. The lowest BCUT2D eigenvalue weighted by Crippen LogP contribution is -2.30. The van der Waals surface area contributed by atoms with Gasteiger partial charge in [-0.05, 0) is 50.1 Å². The van der Waals surface area contributed by atoms with Crippen molar-refractivity contribution in [3.05, 3.63) is 71.8 Å². The molecule has 1 heterocycles. The predicted octanol–water partition coefficient (Wildman–Crippen LogP) is 3.27. The molecule has 1 aromatic heterocycles. The third kappa shape index (κ3) is 3.40. The number of aryl methyl sites for hydroxylation is 2. The minimum Gasteiger partial charge on any atom is -0.223 e. The Morgan fingerprint density at radius 3 is 2.35 bits per heavy atom. The van der Waals surface area contributed by atoms with Crippen molar-refractivity contribution in [1.29, 1.82) is 0 Å². The summed E-state index contributed by atoms with van der Waals surface area (Å²) in [5.74, 6) is 0. The van der Waals surface area contributed by atoms with Gasteiger partial charge in [-0.25, -0.2) is 18.1 Å². The Bertz CT molecular complexity index is 997. The first-order valence-corrected chi connectivity index (χ1v) is 9.75. The third-order valence-electron chi connectivity index (χ3n) is 4.59. The molecule has 2 aromatic carbocycles. The van der Waals surface area contributed by atoms with Gasteiger partial charge >= 0.3 is 0 Å². The summed E-state index contributed by atoms with van der Waals surface area (Å²) < 4.78 is 29.1. The van der Waals surface area contributed by atoms with E-state index in [1.54, 1.807) is 24.1 Å². The van der Waals surface area contributed by atoms with Crippen molar-refractivity contribution >= 4 is 10.0 Å². The fraction of sp³-hybridized carbons (Fsp3) is 0.263. The second kappa shape index (κ2) is 7.01. The summed E-state index contributed by atoms with van der Waals surface area (Å²) in [7, 11) is -1.97. The van der Waals surface area contributed by atoms with E-state index in [0.717, 1.165) is 22.4 Å². The number of nitrogens with zero attached hydrogens (tertiary/aromatic N) is 4. The molecule has 0 aliphatic carbocycles. The molecule has 1 atom stereocenters. The maximum absolute atomic E-state index is 13.0. The molecule has 0 aliphatic rings. The lowest BCUT2D eigenvalue weighted by atomic mass is 10.1. The van der Waals surface area contributed by atoms with Crippen molar-refractivity contribution in [3.63, 3.8) is 0 Å². The van der Waals surface area contributed by atoms with Gasteiger partial charge in [0.05, 0.1) is 10.6 Å². The van der Waals surface area contributed by atoms with E-state index < -0.39 is 10.0 Å². The zero-order chi connectivity index (χ0) is 18.9. The average molecular weight is 370 g/mol. The third-order valence-corrected chi connectivity index (χ3v) is 6.68. The summed E-state index contributed by atoms with van der Waals surface area (Å²) in [5.41, 5.74) is 3.58. The summed E-state index contributed by atoms with van der Waals surface area (Å²) >= 11 is 0. The van der Waals surface area contributed by atoms with E-state index in [1.807, 2.05) is 57.2 Å². The van der Waals surface area contributed by atoms with E-state index in [0.29, 0.717) is 4.90 Å². The van der Waals surface area contributed by atoms with Crippen LogP contribution < -0.4 is 0 Å². The number of rotatable bonds is 5. The minimum absolute atomic E-state index is 0.300. The van der Waals surface area contributed by atoms with Crippen LogP contribution in [0.2, 0.25) is 0 Å². The van der Waals surface area contributed by atoms with Crippen LogP contribution in [0.5, 0.6) is 0 Å². The van der Waals surface area contributed by atoms with Crippen molar-refractivity contribution in [3.8, 4) is 5.69 Å². The molecule has 0 unspecified atom stereocenters. The molecule has 0 fully saturated rings. The van der Waals surface area contributed by atoms with Crippen molar-refractivity contribution in [2.75, 3.05) is 7.05 Å². The molecule has 0 spiro atoms. The number of hydrogen-bond donors (Lipinski definition) is 0. The number of hydrogen-bond acceptors (Lipinski definition) is 4. The van der Waals surface area contributed by atoms with E-state index in [4.69, 9.17) is 0 Å². The SMILES string of the molecule is Cc1ccc(S(=O)(=O)N(C)[C@H](C)c2ccc(-n3cncn3)cc2)c(C)c1. The smallest absolute Gasteiger partial charge is 0.223 e. The molecule has 0 saturated carbocycles. The topological polar surface area (TPSA) is 68.1 Å². The van der Waals surface area contributed by atoms with Crippen LogP contribution in [0.1, 0.15) is 29.7 Å². The van der Waals surface area contributed by atoms with Crippen LogP contribution in [0, 0.1) is 13.8 Å². The second-order valence-electron chi connectivity index (χ2n) is 6.40. The monoisotopic (exact) mass is 370 g/mol. The molecule has 0 radical (unpaired) electrons. The number of benzene rings is 2. The van der Waals surface area contributed by atoms with Gasteiger partial charge in [0.2, 0.25) is 10.0 Å². The Morgan fingerprint density at radius 2 is 1.77 bits per heavy atom. The lowest BCUT2D eigenvalue weighted by Gasteiger charge is -2.25. The van der Waals surface area contributed by atoms with Crippen LogP contribution in [-0.2, 0) is 10.0 Å². The molecule has 0 N–H and O–H groups in total. The number of aromatic nitrogens is 3. The van der Waals surface area contributed by atoms with Gasteiger partial charge in [0.1, 0.15) is 12.7 Å². The van der Waals surface area contributed by atoms with Gasteiger partial charge in [-0.2, -0.15) is 9.40 Å². The van der Waals surface area contributed by atoms with Gasteiger partial charge in [-0.1, -0.05) is 29.8 Å². The largest absolute Gasteiger partial charge is 0.243 e. The Labute approximate surface area is 154 Å². The molecule has 136 valence electrons. The lowest BCUT2D eigenvalue weighted by molar-refractivity contribution is 0.398. The molecule has 26 heavy (non-hydrogen) atoms. The first-order chi connectivity index (χ1) is 12.3. The highest BCUT2D eigenvalue weighted by atomic mass is 32.2. The molecular weight excluding hydrogens is 348 g/mol. The fourth-order valence-corrected chi connectivity index (χ4v) is 4.46. The first kappa shape index (κ1) is 18.3. The quantitative estimate of drug-likeness (QED) is 0.691. The van der Waals surface area contributed by atoms with Gasteiger partial charge in [0, 0.05) is 13.1 Å². The molecule has 0 aliphatic heterocycles. The highest BCUT2D eigenvalue weighted by molar-refractivity contribution is 7.89. The van der Waals surface area contributed by atoms with Crippen LogP contribution in [0.4, 0.5) is 0 Å². The standard InChI is InChI=1S/C19H22N4O2S/c1-14-5-10-19(15(2)11-14)26(24,25)22(4)16(3)17-6-8-18(9-7-17)23-13-20-12-21-23/h5-13,16H,1-4H3/t16-/m1/s1. The normalized spacial score (nSPS) is 13.1. The Morgan fingerprint density at radius 1 is 1.08 bits per heavy atom. The summed E-state index contributed by atoms with van der Waals surface area (Å²) in [6.45, 7) is 5.66. The molecule has 0 bridgehead atoms. The van der Waals surface area contributed by atoms with Crippen LogP contribution in [0.3, 0.4) is 0 Å². The molecule has 6 nitrogen and oxygen atoms in total. The van der Waals surface area contributed by atoms with Gasteiger partial charge in [-0.15, -0.1) is 0 Å². The zero-order valence-corrected chi connectivity index (χ0v) is 16.1. The average Bonchev–Trinajstić information content (AvgIpc) is 3.15. The van der Waals surface area contributed by atoms with Gasteiger partial charge in [0.25, 0.3) is 0 Å². The van der Waals surface area contributed by atoms with E-state index in [1.165, 1.54) is 10.6 Å². The van der Waals surface area contributed by atoms with Crippen LogP contribution >= 0.6 is 0 Å². The van der Waals surface area contributed by atoms with Gasteiger partial charge < -0.3 is 0 Å². The summed E-state index contributed by atoms with van der Waals surface area (Å²) in [5, 5.41) is 4.09. The predicted molar refractivity (Wildman–Crippen MR) is 101 cm³/mol. The minimum atomic E-state index is -3.58. The van der Waals surface area contributed by atoms with E-state index in [2.05, 4.69) is 10.1 Å². The molecule has 3 rings (SSSR count). The van der Waals surface area contributed by atoms with Gasteiger partial charge in [0.15, 0.2) is 0 Å². The molecule has 7 heteroatoms. The van der Waals surface area contributed by atoms with E-state index in [-0.39, 0.29) is 6.04 Å². The Kier molecular flexibility index (Phi) is 4.93. The molecule has 3 aromatic rings. The maximum atomic E-state index is 13.0. The van der Waals surface area contributed by atoms with E-state index >= 15 is 0 Å². The maximum Gasteiger partial charge on any atom is 0.243 e. The van der Waals surface area contributed by atoms with Crippen LogP contribution in [-0.4, -0.2) is 34.5 Å². The Hall–Kier alpha value is -2.51. The van der Waals surface area contributed by atoms with Crippen molar-refractivity contribution in [2.24, 2.45) is 0 Å². The fourth-order valence-electron chi connectivity index (χ4n) is 2.91. The summed E-state index contributed by atoms with van der Waals surface area (Å²) in [6, 6.07) is 12.7. The molecule has 0 saturated heterocycles. The molecule has 0 amide bonds. The van der Waals surface area contributed by atoms with Crippen LogP contribution in [0.15, 0.2) is 60.0 Å². The van der Waals surface area contributed by atoms with Crippen molar-refractivity contribution < 1.29 is 8.42 Å². The Balaban J connectivity index is 1.87. The summed E-state index contributed by atoms with van der Waals surface area (Å²) in [4.78, 5) is 4.27. The van der Waals surface area contributed by atoms with Crippen molar-refractivity contribution in [1.82, 2.24) is 19.1 Å². The first-order valence-electron chi connectivity index (χ1n) is 8.31. The highest BCUT2D eigenvalue weighted by Crippen LogP contribution is 2.28. The second-order valence-corrected chi connectivity index (χ2v) is 8.36. The van der Waals surface area contributed by atoms with Crippen molar-refractivity contribution in [2.45, 2.75) is 31.7 Å². The molecular formula is C19H22N4O2S. The summed E-state index contributed by atoms with van der Waals surface area (Å²) in [6.07, 6.45) is 3.09. The number of sulfonamides is 1. The van der Waals surface area contributed by atoms with Gasteiger partial charge in [-0.3, -0.25) is 0 Å². The highest BCUT2D eigenvalue weighted by Gasteiger charge is 2.27.